The van der Waals surface area contributed by atoms with Crippen LogP contribution in [-0.2, 0) is 31.3 Å². The van der Waals surface area contributed by atoms with Gasteiger partial charge in [0.25, 0.3) is 0 Å². The number of rotatable bonds is 14. The standard InChI is InChI=1S/C33H52O4/c1-22(2)13-26-9-11-30(28(17-26)15-24(5)6)33(37,32(19-34,20-35)21-36)31-12-10-27(14-23(3)4)18-29(31)16-25(7)8/h9-12,17-18,22-25,34-37H,13-16,19-21H2,1-8H3. The molecular formula is C33H52O4. The Hall–Kier alpha value is -1.72. The second kappa shape index (κ2) is 13.4. The van der Waals surface area contributed by atoms with Crippen molar-refractivity contribution in [2.45, 2.75) is 86.7 Å². The van der Waals surface area contributed by atoms with Crippen LogP contribution in [0.2, 0.25) is 0 Å². The van der Waals surface area contributed by atoms with Crippen molar-refractivity contribution >= 4 is 0 Å². The van der Waals surface area contributed by atoms with E-state index in [-0.39, 0.29) is 0 Å². The largest absolute Gasteiger partial charge is 0.395 e. The molecule has 0 aliphatic heterocycles. The molecule has 0 radical (unpaired) electrons. The average Bonchev–Trinajstić information content (AvgIpc) is 2.79. The summed E-state index contributed by atoms with van der Waals surface area (Å²) >= 11 is 0. The van der Waals surface area contributed by atoms with Gasteiger partial charge in [0.15, 0.2) is 0 Å². The second-order valence-electron chi connectivity index (χ2n) is 12.8. The van der Waals surface area contributed by atoms with Crippen molar-refractivity contribution in [3.8, 4) is 0 Å². The monoisotopic (exact) mass is 512 g/mol. The normalized spacial score (nSPS) is 13.0. The zero-order chi connectivity index (χ0) is 28.0. The van der Waals surface area contributed by atoms with Gasteiger partial charge in [-0.3, -0.25) is 0 Å². The van der Waals surface area contributed by atoms with Crippen LogP contribution in [-0.4, -0.2) is 40.2 Å². The van der Waals surface area contributed by atoms with Gasteiger partial charge in [0, 0.05) is 0 Å². The molecule has 0 fully saturated rings. The molecule has 0 atom stereocenters. The lowest BCUT2D eigenvalue weighted by Gasteiger charge is -2.47. The molecule has 0 saturated heterocycles. The van der Waals surface area contributed by atoms with Gasteiger partial charge in [-0.25, -0.2) is 0 Å². The lowest BCUT2D eigenvalue weighted by molar-refractivity contribution is -0.136. The Balaban J connectivity index is 2.96. The molecule has 2 aromatic rings. The van der Waals surface area contributed by atoms with E-state index in [1.165, 1.54) is 11.1 Å². The third-order valence-electron chi connectivity index (χ3n) is 7.34. The quantitative estimate of drug-likeness (QED) is 0.263. The van der Waals surface area contributed by atoms with Crippen LogP contribution in [0.15, 0.2) is 36.4 Å². The highest BCUT2D eigenvalue weighted by atomic mass is 16.3. The molecule has 4 N–H and O–H groups in total. The molecule has 0 unspecified atom stereocenters. The lowest BCUT2D eigenvalue weighted by Crippen LogP contribution is -2.55. The molecule has 0 amide bonds. The summed E-state index contributed by atoms with van der Waals surface area (Å²) < 4.78 is 0. The van der Waals surface area contributed by atoms with Gasteiger partial charge in [-0.05, 0) is 82.7 Å². The van der Waals surface area contributed by atoms with Gasteiger partial charge in [0.1, 0.15) is 5.60 Å². The van der Waals surface area contributed by atoms with E-state index in [1.54, 1.807) is 0 Å². The molecule has 208 valence electrons. The predicted octanol–water partition coefficient (Wildman–Crippen LogP) is 5.68. The van der Waals surface area contributed by atoms with Crippen molar-refractivity contribution in [3.05, 3.63) is 69.8 Å². The van der Waals surface area contributed by atoms with E-state index in [1.807, 2.05) is 12.1 Å². The Bertz CT molecular complexity index is 910. The zero-order valence-corrected chi connectivity index (χ0v) is 24.5. The number of aliphatic hydroxyl groups excluding tert-OH is 3. The number of hydrogen-bond acceptors (Lipinski definition) is 4. The molecule has 0 aliphatic carbocycles. The van der Waals surface area contributed by atoms with E-state index in [2.05, 4.69) is 79.7 Å². The highest BCUT2D eigenvalue weighted by molar-refractivity contribution is 5.49. The first-order valence-electron chi connectivity index (χ1n) is 14.1. The smallest absolute Gasteiger partial charge is 0.127 e. The van der Waals surface area contributed by atoms with Crippen molar-refractivity contribution in [1.29, 1.82) is 0 Å². The van der Waals surface area contributed by atoms with Gasteiger partial charge in [0.05, 0.1) is 25.2 Å². The minimum absolute atomic E-state index is 0.340. The van der Waals surface area contributed by atoms with E-state index < -0.39 is 30.8 Å². The summed E-state index contributed by atoms with van der Waals surface area (Å²) in [6.45, 7) is 15.7. The lowest BCUT2D eigenvalue weighted by atomic mass is 9.63. The SMILES string of the molecule is CC(C)Cc1ccc(C(O)(c2ccc(CC(C)C)cc2CC(C)C)C(CO)(CO)CO)c(CC(C)C)c1. The fourth-order valence-electron chi connectivity index (χ4n) is 5.62. The maximum atomic E-state index is 12.9. The van der Waals surface area contributed by atoms with Crippen LogP contribution in [0.4, 0.5) is 0 Å². The van der Waals surface area contributed by atoms with Crippen molar-refractivity contribution in [2.24, 2.45) is 29.1 Å². The molecule has 0 spiro atoms. The molecule has 0 aromatic heterocycles. The fraction of sp³-hybridized carbons (Fsp3) is 0.636. The third kappa shape index (κ3) is 7.23. The van der Waals surface area contributed by atoms with E-state index in [9.17, 15) is 20.4 Å². The van der Waals surface area contributed by atoms with Crippen LogP contribution in [0.5, 0.6) is 0 Å². The zero-order valence-electron chi connectivity index (χ0n) is 24.5. The second-order valence-corrected chi connectivity index (χ2v) is 12.8. The summed E-state index contributed by atoms with van der Waals surface area (Å²) in [4.78, 5) is 0. The van der Waals surface area contributed by atoms with E-state index in [0.717, 1.165) is 36.8 Å². The predicted molar refractivity (Wildman–Crippen MR) is 154 cm³/mol. The highest BCUT2D eigenvalue weighted by Gasteiger charge is 2.53. The van der Waals surface area contributed by atoms with E-state index >= 15 is 0 Å². The van der Waals surface area contributed by atoms with Crippen LogP contribution < -0.4 is 0 Å². The van der Waals surface area contributed by atoms with E-state index in [0.29, 0.717) is 34.8 Å². The summed E-state index contributed by atoms with van der Waals surface area (Å²) in [5.74, 6) is 1.67. The first kappa shape index (κ1) is 31.5. The maximum Gasteiger partial charge on any atom is 0.127 e. The van der Waals surface area contributed by atoms with Crippen molar-refractivity contribution < 1.29 is 20.4 Å². The van der Waals surface area contributed by atoms with Gasteiger partial charge in [-0.15, -0.1) is 0 Å². The molecule has 0 bridgehead atoms. The van der Waals surface area contributed by atoms with Crippen LogP contribution in [0, 0.1) is 29.1 Å². The summed E-state index contributed by atoms with van der Waals surface area (Å²) in [5.41, 5.74) is 2.37. The highest BCUT2D eigenvalue weighted by Crippen LogP contribution is 2.48. The van der Waals surface area contributed by atoms with Gasteiger partial charge in [-0.1, -0.05) is 91.8 Å². The Morgan fingerprint density at radius 1 is 0.541 bits per heavy atom. The Morgan fingerprint density at radius 2 is 0.865 bits per heavy atom. The molecule has 4 nitrogen and oxygen atoms in total. The molecule has 37 heavy (non-hydrogen) atoms. The first-order valence-corrected chi connectivity index (χ1v) is 14.1. The summed E-state index contributed by atoms with van der Waals surface area (Å²) in [7, 11) is 0. The molecule has 4 heteroatoms. The van der Waals surface area contributed by atoms with E-state index in [4.69, 9.17) is 0 Å². The summed E-state index contributed by atoms with van der Waals surface area (Å²) in [6.07, 6.45) is 3.34. The van der Waals surface area contributed by atoms with Gasteiger partial charge >= 0.3 is 0 Å². The topological polar surface area (TPSA) is 80.9 Å². The Kier molecular flexibility index (Phi) is 11.4. The maximum absolute atomic E-state index is 12.9. The molecule has 2 rings (SSSR count). The van der Waals surface area contributed by atoms with Crippen molar-refractivity contribution in [3.63, 3.8) is 0 Å². The molecule has 0 saturated carbocycles. The third-order valence-corrected chi connectivity index (χ3v) is 7.34. The fourth-order valence-corrected chi connectivity index (χ4v) is 5.62. The summed E-state index contributed by atoms with van der Waals surface area (Å²) in [6, 6.07) is 12.4. The number of hydrogen-bond donors (Lipinski definition) is 4. The average molecular weight is 513 g/mol. The van der Waals surface area contributed by atoms with Crippen molar-refractivity contribution in [2.75, 3.05) is 19.8 Å². The van der Waals surface area contributed by atoms with Crippen LogP contribution in [0.1, 0.15) is 88.8 Å². The van der Waals surface area contributed by atoms with Gasteiger partial charge in [0.2, 0.25) is 0 Å². The molecular weight excluding hydrogens is 460 g/mol. The minimum atomic E-state index is -1.79. The Labute approximate surface area is 225 Å². The Morgan fingerprint density at radius 3 is 1.14 bits per heavy atom. The summed E-state index contributed by atoms with van der Waals surface area (Å²) in [5, 5.41) is 44.9. The van der Waals surface area contributed by atoms with Crippen LogP contribution in [0.3, 0.4) is 0 Å². The van der Waals surface area contributed by atoms with Crippen LogP contribution >= 0.6 is 0 Å². The molecule has 0 aliphatic rings. The first-order chi connectivity index (χ1) is 17.3. The molecule has 0 heterocycles. The van der Waals surface area contributed by atoms with Crippen molar-refractivity contribution in [1.82, 2.24) is 0 Å². The molecule has 2 aromatic carbocycles. The van der Waals surface area contributed by atoms with Gasteiger partial charge < -0.3 is 20.4 Å². The van der Waals surface area contributed by atoms with Crippen LogP contribution in [0.25, 0.3) is 0 Å². The van der Waals surface area contributed by atoms with Gasteiger partial charge in [-0.2, -0.15) is 0 Å². The minimum Gasteiger partial charge on any atom is -0.395 e. The number of aliphatic hydroxyl groups is 4. The number of benzene rings is 2.